The summed E-state index contributed by atoms with van der Waals surface area (Å²) < 4.78 is 5.59. The summed E-state index contributed by atoms with van der Waals surface area (Å²) in [5.41, 5.74) is 1.05. The zero-order valence-corrected chi connectivity index (χ0v) is 16.3. The van der Waals surface area contributed by atoms with Gasteiger partial charge in [0.15, 0.2) is 0 Å². The first kappa shape index (κ1) is 21.7. The van der Waals surface area contributed by atoms with Crippen LogP contribution in [0.15, 0.2) is 60.3 Å². The van der Waals surface area contributed by atoms with Gasteiger partial charge in [0.2, 0.25) is 0 Å². The molecule has 0 aliphatic carbocycles. The van der Waals surface area contributed by atoms with Crippen LogP contribution in [0.25, 0.3) is 6.08 Å². The summed E-state index contributed by atoms with van der Waals surface area (Å²) in [6.07, 6.45) is 1.22. The van der Waals surface area contributed by atoms with E-state index >= 15 is 0 Å². The maximum Gasteiger partial charge on any atom is 0.267 e. The number of aliphatic carboxylic acids is 1. The van der Waals surface area contributed by atoms with Crippen LogP contribution in [0.4, 0.5) is 0 Å². The highest BCUT2D eigenvalue weighted by atomic mass is 16.5. The molecule has 0 bridgehead atoms. The normalized spacial score (nSPS) is 11.1. The van der Waals surface area contributed by atoms with Crippen LogP contribution in [0.3, 0.4) is 0 Å². The molecule has 2 rings (SSSR count). The molecule has 0 heterocycles. The minimum Gasteiger partial charge on any atom is -0.550 e. The lowest BCUT2D eigenvalue weighted by atomic mass is 10.1. The van der Waals surface area contributed by atoms with Crippen molar-refractivity contribution >= 4 is 23.9 Å². The van der Waals surface area contributed by atoms with Gasteiger partial charge in [-0.25, -0.2) is 0 Å². The monoisotopic (exact) mass is 395 g/mol. The van der Waals surface area contributed by atoms with E-state index in [4.69, 9.17) is 4.74 Å². The first-order valence-electron chi connectivity index (χ1n) is 9.18. The van der Waals surface area contributed by atoms with E-state index < -0.39 is 17.8 Å². The zero-order chi connectivity index (χ0) is 21.2. The fourth-order valence-electron chi connectivity index (χ4n) is 2.40. The summed E-state index contributed by atoms with van der Waals surface area (Å²) in [4.78, 5) is 35.5. The quantitative estimate of drug-likeness (QED) is 0.626. The molecule has 0 spiro atoms. The van der Waals surface area contributed by atoms with E-state index in [1.54, 1.807) is 54.6 Å². The summed E-state index contributed by atoms with van der Waals surface area (Å²) >= 11 is 0. The number of ether oxygens (including phenoxy) is 1. The van der Waals surface area contributed by atoms with E-state index in [0.29, 0.717) is 16.9 Å². The highest BCUT2D eigenvalue weighted by molar-refractivity contribution is 6.05. The molecule has 152 valence electrons. The summed E-state index contributed by atoms with van der Waals surface area (Å²) in [7, 11) is 0. The van der Waals surface area contributed by atoms with E-state index in [0.717, 1.165) is 0 Å². The molecule has 29 heavy (non-hydrogen) atoms. The maximum atomic E-state index is 12.5. The summed E-state index contributed by atoms with van der Waals surface area (Å²) in [5, 5.41) is 15.6. The third-order valence-electron chi connectivity index (χ3n) is 3.71. The number of carboxylic acid groups (broad SMARTS) is 1. The second kappa shape index (κ2) is 10.7. The number of amides is 2. The maximum absolute atomic E-state index is 12.5. The molecule has 0 aliphatic heterocycles. The lowest BCUT2D eigenvalue weighted by Gasteiger charge is -2.12. The van der Waals surface area contributed by atoms with Gasteiger partial charge in [-0.05, 0) is 49.8 Å². The van der Waals surface area contributed by atoms with Crippen molar-refractivity contribution in [1.29, 1.82) is 0 Å². The van der Waals surface area contributed by atoms with Gasteiger partial charge in [0.25, 0.3) is 11.8 Å². The Kier molecular flexibility index (Phi) is 7.97. The Morgan fingerprint density at radius 3 is 2.28 bits per heavy atom. The van der Waals surface area contributed by atoms with Crippen LogP contribution < -0.4 is 20.5 Å². The van der Waals surface area contributed by atoms with Gasteiger partial charge >= 0.3 is 0 Å². The van der Waals surface area contributed by atoms with Crippen molar-refractivity contribution in [1.82, 2.24) is 10.6 Å². The molecule has 0 radical (unpaired) electrons. The Hall–Kier alpha value is -3.61. The first-order chi connectivity index (χ1) is 13.8. The van der Waals surface area contributed by atoms with Gasteiger partial charge < -0.3 is 25.3 Å². The fraction of sp³-hybridized carbons (Fsp3) is 0.227. The van der Waals surface area contributed by atoms with E-state index in [9.17, 15) is 19.5 Å². The van der Waals surface area contributed by atoms with E-state index in [1.807, 2.05) is 13.8 Å². The average molecular weight is 395 g/mol. The summed E-state index contributed by atoms with van der Waals surface area (Å²) in [5.74, 6) is -1.64. The second-order valence-corrected chi connectivity index (χ2v) is 6.49. The standard InChI is InChI=1S/C22H24N2O5/c1-15(2)29-18-10-8-16(9-11-18)14-19(22(28)23-13-12-20(25)26)24-21(27)17-6-4-3-5-7-17/h3-11,14-15H,12-13H2,1-2H3,(H,23,28)(H,24,27)(H,25,26)/p-1. The number of carbonyl (C=O) groups is 3. The van der Waals surface area contributed by atoms with E-state index in [2.05, 4.69) is 10.6 Å². The van der Waals surface area contributed by atoms with Crippen molar-refractivity contribution in [2.45, 2.75) is 26.4 Å². The van der Waals surface area contributed by atoms with Gasteiger partial charge in [-0.1, -0.05) is 30.3 Å². The SMILES string of the molecule is CC(C)Oc1ccc(C=C(NC(=O)c2ccccc2)C(=O)NCCC(=O)[O-])cc1. The van der Waals surface area contributed by atoms with Crippen molar-refractivity contribution in [2.75, 3.05) is 6.54 Å². The highest BCUT2D eigenvalue weighted by Gasteiger charge is 2.14. The molecule has 7 nitrogen and oxygen atoms in total. The van der Waals surface area contributed by atoms with Crippen molar-refractivity contribution in [3.05, 3.63) is 71.4 Å². The number of rotatable bonds is 9. The van der Waals surface area contributed by atoms with Crippen LogP contribution in [0.5, 0.6) is 5.75 Å². The van der Waals surface area contributed by atoms with Crippen LogP contribution in [-0.2, 0) is 9.59 Å². The zero-order valence-electron chi connectivity index (χ0n) is 16.3. The van der Waals surface area contributed by atoms with Crippen molar-refractivity contribution in [2.24, 2.45) is 0 Å². The number of hydrogen-bond donors (Lipinski definition) is 2. The Labute approximate surface area is 169 Å². The van der Waals surface area contributed by atoms with Crippen LogP contribution in [0.1, 0.15) is 36.2 Å². The molecule has 0 saturated carbocycles. The minimum atomic E-state index is -1.27. The lowest BCUT2D eigenvalue weighted by Crippen LogP contribution is -2.37. The molecule has 0 unspecified atom stereocenters. The van der Waals surface area contributed by atoms with Gasteiger partial charge in [0.1, 0.15) is 11.4 Å². The second-order valence-electron chi connectivity index (χ2n) is 6.49. The molecule has 2 N–H and O–H groups in total. The predicted molar refractivity (Wildman–Crippen MR) is 107 cm³/mol. The fourth-order valence-corrected chi connectivity index (χ4v) is 2.40. The summed E-state index contributed by atoms with van der Waals surface area (Å²) in [6.45, 7) is 3.73. The number of nitrogens with one attached hydrogen (secondary N) is 2. The Bertz CT molecular complexity index is 874. The third-order valence-corrected chi connectivity index (χ3v) is 3.71. The van der Waals surface area contributed by atoms with Gasteiger partial charge in [0.05, 0.1) is 6.10 Å². The Morgan fingerprint density at radius 2 is 1.69 bits per heavy atom. The molecule has 0 saturated heterocycles. The van der Waals surface area contributed by atoms with Gasteiger partial charge in [-0.2, -0.15) is 0 Å². The number of hydrogen-bond acceptors (Lipinski definition) is 5. The molecule has 0 aromatic heterocycles. The number of carbonyl (C=O) groups excluding carboxylic acids is 3. The average Bonchev–Trinajstić information content (AvgIpc) is 2.68. The van der Waals surface area contributed by atoms with Crippen molar-refractivity contribution < 1.29 is 24.2 Å². The van der Waals surface area contributed by atoms with Crippen LogP contribution in [0, 0.1) is 0 Å². The molecule has 0 fully saturated rings. The lowest BCUT2D eigenvalue weighted by molar-refractivity contribution is -0.305. The summed E-state index contributed by atoms with van der Waals surface area (Å²) in [6, 6.07) is 15.5. The molecule has 2 aromatic carbocycles. The van der Waals surface area contributed by atoms with Crippen molar-refractivity contribution in [3.8, 4) is 5.75 Å². The molecule has 2 aromatic rings. The largest absolute Gasteiger partial charge is 0.550 e. The van der Waals surface area contributed by atoms with E-state index in [1.165, 1.54) is 6.08 Å². The molecule has 0 atom stereocenters. The van der Waals surface area contributed by atoms with Crippen LogP contribution in [-0.4, -0.2) is 30.4 Å². The molecule has 0 aliphatic rings. The molecular formula is C22H23N2O5-. The van der Waals surface area contributed by atoms with Crippen LogP contribution in [0.2, 0.25) is 0 Å². The first-order valence-corrected chi connectivity index (χ1v) is 9.18. The predicted octanol–water partition coefficient (Wildman–Crippen LogP) is 1.50. The Balaban J connectivity index is 2.20. The van der Waals surface area contributed by atoms with Gasteiger partial charge in [-0.15, -0.1) is 0 Å². The third kappa shape index (κ3) is 7.50. The number of benzene rings is 2. The highest BCUT2D eigenvalue weighted by Crippen LogP contribution is 2.16. The van der Waals surface area contributed by atoms with Gasteiger partial charge in [-0.3, -0.25) is 9.59 Å². The van der Waals surface area contributed by atoms with Crippen molar-refractivity contribution in [3.63, 3.8) is 0 Å². The Morgan fingerprint density at radius 1 is 1.03 bits per heavy atom. The molecule has 7 heteroatoms. The smallest absolute Gasteiger partial charge is 0.267 e. The molecular weight excluding hydrogens is 372 g/mol. The number of carboxylic acids is 1. The van der Waals surface area contributed by atoms with E-state index in [-0.39, 0.29) is 24.8 Å². The minimum absolute atomic E-state index is 0.00488. The topological polar surface area (TPSA) is 108 Å². The van der Waals surface area contributed by atoms with Gasteiger partial charge in [0, 0.05) is 24.5 Å². The van der Waals surface area contributed by atoms with Crippen LogP contribution >= 0.6 is 0 Å². The molecule has 2 amide bonds.